The zero-order chi connectivity index (χ0) is 14.0. The summed E-state index contributed by atoms with van der Waals surface area (Å²) in [5, 5.41) is 0. The molecule has 0 aromatic heterocycles. The largest absolute Gasteiger partial charge is 0.330 e. The van der Waals surface area contributed by atoms with E-state index >= 15 is 0 Å². The number of nitrogens with zero attached hydrogens (tertiary/aromatic N) is 1. The van der Waals surface area contributed by atoms with Crippen LogP contribution < -0.4 is 10.5 Å². The fourth-order valence-corrected chi connectivity index (χ4v) is 3.35. The Kier molecular flexibility index (Phi) is 3.91. The molecule has 0 fully saturated rings. The number of nitrogens with one attached hydrogen (secondary N) is 1. The van der Waals surface area contributed by atoms with Crippen LogP contribution in [0.2, 0.25) is 0 Å². The summed E-state index contributed by atoms with van der Waals surface area (Å²) >= 11 is 0. The van der Waals surface area contributed by atoms with Crippen LogP contribution in [-0.2, 0) is 10.0 Å². The van der Waals surface area contributed by atoms with Crippen LogP contribution in [0.4, 0.5) is 0 Å². The molecule has 5 nitrogen and oxygen atoms in total. The average molecular weight is 281 g/mol. The van der Waals surface area contributed by atoms with Crippen molar-refractivity contribution in [2.75, 3.05) is 6.54 Å². The average Bonchev–Trinajstić information content (AvgIpc) is 2.61. The van der Waals surface area contributed by atoms with Crippen LogP contribution in [0.5, 0.6) is 0 Å². The van der Waals surface area contributed by atoms with E-state index in [1.165, 1.54) is 0 Å². The van der Waals surface area contributed by atoms with Gasteiger partial charge in [0, 0.05) is 5.56 Å². The lowest BCUT2D eigenvalue weighted by Crippen LogP contribution is -2.26. The van der Waals surface area contributed by atoms with Gasteiger partial charge in [-0.05, 0) is 31.0 Å². The zero-order valence-electron chi connectivity index (χ0n) is 11.1. The van der Waals surface area contributed by atoms with Crippen molar-refractivity contribution >= 4 is 15.9 Å². The summed E-state index contributed by atoms with van der Waals surface area (Å²) in [6.07, 6.45) is 0.741. The van der Waals surface area contributed by atoms with Gasteiger partial charge in [0.05, 0.1) is 10.9 Å². The van der Waals surface area contributed by atoms with Crippen molar-refractivity contribution in [2.45, 2.75) is 31.2 Å². The van der Waals surface area contributed by atoms with E-state index in [-0.39, 0.29) is 6.04 Å². The minimum atomic E-state index is -3.45. The number of rotatable bonds is 4. The predicted octanol–water partition coefficient (Wildman–Crippen LogP) is 1.10. The van der Waals surface area contributed by atoms with E-state index in [1.807, 2.05) is 6.07 Å². The molecule has 19 heavy (non-hydrogen) atoms. The molecule has 0 saturated heterocycles. The molecule has 0 bridgehead atoms. The van der Waals surface area contributed by atoms with E-state index in [9.17, 15) is 8.42 Å². The first-order chi connectivity index (χ1) is 8.95. The van der Waals surface area contributed by atoms with Crippen molar-refractivity contribution in [3.05, 3.63) is 29.8 Å². The number of amidine groups is 1. The van der Waals surface area contributed by atoms with Crippen molar-refractivity contribution in [3.8, 4) is 0 Å². The van der Waals surface area contributed by atoms with Gasteiger partial charge in [-0.1, -0.05) is 26.0 Å². The number of hydrogen-bond donors (Lipinski definition) is 2. The van der Waals surface area contributed by atoms with Gasteiger partial charge in [-0.3, -0.25) is 9.71 Å². The van der Waals surface area contributed by atoms with Crippen LogP contribution >= 0.6 is 0 Å². The summed E-state index contributed by atoms with van der Waals surface area (Å²) in [5.74, 6) is 0.746. The van der Waals surface area contributed by atoms with Crippen molar-refractivity contribution < 1.29 is 8.42 Å². The van der Waals surface area contributed by atoms with Crippen LogP contribution in [0.15, 0.2) is 34.2 Å². The third-order valence-corrected chi connectivity index (χ3v) is 4.59. The third kappa shape index (κ3) is 2.79. The molecule has 0 radical (unpaired) electrons. The molecule has 1 aliphatic rings. The molecule has 1 aromatic carbocycles. The van der Waals surface area contributed by atoms with E-state index in [2.05, 4.69) is 23.6 Å². The van der Waals surface area contributed by atoms with E-state index in [0.29, 0.717) is 28.8 Å². The second-order valence-corrected chi connectivity index (χ2v) is 6.62. The highest BCUT2D eigenvalue weighted by Crippen LogP contribution is 2.23. The minimum Gasteiger partial charge on any atom is -0.330 e. The monoisotopic (exact) mass is 281 g/mol. The molecule has 1 atom stereocenters. The Morgan fingerprint density at radius 1 is 1.32 bits per heavy atom. The zero-order valence-corrected chi connectivity index (χ0v) is 11.9. The van der Waals surface area contributed by atoms with Crippen LogP contribution in [0.1, 0.15) is 25.8 Å². The van der Waals surface area contributed by atoms with Crippen molar-refractivity contribution in [1.29, 1.82) is 0 Å². The Bertz CT molecular complexity index is 594. The maximum absolute atomic E-state index is 12.0. The van der Waals surface area contributed by atoms with E-state index in [4.69, 9.17) is 5.73 Å². The van der Waals surface area contributed by atoms with Gasteiger partial charge in [0.25, 0.3) is 10.0 Å². The van der Waals surface area contributed by atoms with Crippen molar-refractivity contribution in [3.63, 3.8) is 0 Å². The first-order valence-corrected chi connectivity index (χ1v) is 7.84. The summed E-state index contributed by atoms with van der Waals surface area (Å²) in [5.41, 5.74) is 6.23. The molecule has 6 heteroatoms. The minimum absolute atomic E-state index is 0.0221. The molecule has 3 N–H and O–H groups in total. The lowest BCUT2D eigenvalue weighted by Gasteiger charge is -2.16. The maximum Gasteiger partial charge on any atom is 0.263 e. The molecule has 0 aliphatic carbocycles. The standard InChI is InChI=1S/C13H19N3O2S/c1-9(2)11(7-8-14)15-13-10-5-3-4-6-12(10)19(17,18)16-13/h3-6,9,11H,7-8,14H2,1-2H3,(H,15,16). The molecular formula is C13H19N3O2S. The van der Waals surface area contributed by atoms with E-state index < -0.39 is 10.0 Å². The fraction of sp³-hybridized carbons (Fsp3) is 0.462. The fourth-order valence-electron chi connectivity index (χ4n) is 2.11. The molecule has 104 valence electrons. The smallest absolute Gasteiger partial charge is 0.263 e. The Morgan fingerprint density at radius 2 is 2.00 bits per heavy atom. The quantitative estimate of drug-likeness (QED) is 0.866. The Labute approximate surface area is 114 Å². The number of aliphatic imine (C=N–C) groups is 1. The lowest BCUT2D eigenvalue weighted by atomic mass is 10.0. The molecule has 1 aliphatic heterocycles. The second-order valence-electron chi connectivity index (χ2n) is 4.97. The summed E-state index contributed by atoms with van der Waals surface area (Å²) in [6.45, 7) is 4.65. The molecule has 0 saturated carbocycles. The van der Waals surface area contributed by atoms with Gasteiger partial charge < -0.3 is 5.73 Å². The number of hydrogen-bond acceptors (Lipinski definition) is 4. The van der Waals surface area contributed by atoms with Gasteiger partial charge in [0.2, 0.25) is 0 Å². The van der Waals surface area contributed by atoms with Crippen molar-refractivity contribution in [2.24, 2.45) is 16.6 Å². The van der Waals surface area contributed by atoms with Gasteiger partial charge in [-0.25, -0.2) is 8.42 Å². The molecular weight excluding hydrogens is 262 g/mol. The third-order valence-electron chi connectivity index (χ3n) is 3.19. The first-order valence-electron chi connectivity index (χ1n) is 6.36. The number of benzene rings is 1. The Morgan fingerprint density at radius 3 is 2.63 bits per heavy atom. The molecule has 1 aromatic rings. The highest BCUT2D eigenvalue weighted by atomic mass is 32.2. The van der Waals surface area contributed by atoms with E-state index in [0.717, 1.165) is 6.42 Å². The summed E-state index contributed by atoms with van der Waals surface area (Å²) in [6, 6.07) is 6.90. The van der Waals surface area contributed by atoms with Gasteiger partial charge in [0.1, 0.15) is 5.84 Å². The van der Waals surface area contributed by atoms with Gasteiger partial charge in [-0.15, -0.1) is 0 Å². The highest BCUT2D eigenvalue weighted by molar-refractivity contribution is 7.90. The topological polar surface area (TPSA) is 84.5 Å². The summed E-state index contributed by atoms with van der Waals surface area (Å²) in [4.78, 5) is 4.84. The summed E-state index contributed by atoms with van der Waals surface area (Å²) < 4.78 is 26.4. The molecule has 1 unspecified atom stereocenters. The normalized spacial score (nSPS) is 20.3. The van der Waals surface area contributed by atoms with Crippen LogP contribution in [0.25, 0.3) is 0 Å². The number of sulfonamides is 1. The number of fused-ring (bicyclic) bond motifs is 1. The predicted molar refractivity (Wildman–Crippen MR) is 75.6 cm³/mol. The van der Waals surface area contributed by atoms with Gasteiger partial charge in [0.15, 0.2) is 0 Å². The highest BCUT2D eigenvalue weighted by Gasteiger charge is 2.31. The van der Waals surface area contributed by atoms with Gasteiger partial charge >= 0.3 is 0 Å². The van der Waals surface area contributed by atoms with Gasteiger partial charge in [-0.2, -0.15) is 0 Å². The van der Waals surface area contributed by atoms with Crippen LogP contribution in [0, 0.1) is 5.92 Å². The summed E-state index contributed by atoms with van der Waals surface area (Å²) in [7, 11) is -3.45. The SMILES string of the molecule is CC(C)C(CCN)N=C1NS(=O)(=O)c2ccccc21. The van der Waals surface area contributed by atoms with Crippen LogP contribution in [-0.4, -0.2) is 26.8 Å². The van der Waals surface area contributed by atoms with E-state index in [1.54, 1.807) is 18.2 Å². The molecule has 1 heterocycles. The Hall–Kier alpha value is -1.40. The lowest BCUT2D eigenvalue weighted by molar-refractivity contribution is 0.471. The van der Waals surface area contributed by atoms with Crippen LogP contribution in [0.3, 0.4) is 0 Å². The van der Waals surface area contributed by atoms with Crippen molar-refractivity contribution in [1.82, 2.24) is 4.72 Å². The maximum atomic E-state index is 12.0. The second kappa shape index (κ2) is 5.30. The number of nitrogens with two attached hydrogens (primary N) is 1. The molecule has 0 spiro atoms. The molecule has 2 rings (SSSR count). The molecule has 0 amide bonds. The first kappa shape index (κ1) is 14.0. The Balaban J connectivity index is 2.43.